The van der Waals surface area contributed by atoms with Crippen LogP contribution in [0.3, 0.4) is 0 Å². The summed E-state index contributed by atoms with van der Waals surface area (Å²) in [5.41, 5.74) is 1.97. The SMILES string of the molecule is C/C=C/CCC1CCC(c2ccc(-c3ccc(-c4ccc(C)c(F)c4F)cc3)c(F)c2F)CC1. The number of hydrogen-bond acceptors (Lipinski definition) is 0. The summed E-state index contributed by atoms with van der Waals surface area (Å²) < 4.78 is 58.4. The zero-order valence-electron chi connectivity index (χ0n) is 19.7. The first kappa shape index (κ1) is 24.3. The third kappa shape index (κ3) is 4.96. The van der Waals surface area contributed by atoms with E-state index in [9.17, 15) is 8.78 Å². The molecule has 3 aromatic carbocycles. The summed E-state index contributed by atoms with van der Waals surface area (Å²) >= 11 is 0. The van der Waals surface area contributed by atoms with E-state index >= 15 is 8.78 Å². The minimum absolute atomic E-state index is 0.0447. The van der Waals surface area contributed by atoms with Crippen LogP contribution in [0.1, 0.15) is 62.5 Å². The molecule has 0 N–H and O–H groups in total. The summed E-state index contributed by atoms with van der Waals surface area (Å²) in [6, 6.07) is 12.8. The Balaban J connectivity index is 1.51. The van der Waals surface area contributed by atoms with Gasteiger partial charge in [0, 0.05) is 11.1 Å². The molecule has 3 aromatic rings. The van der Waals surface area contributed by atoms with Gasteiger partial charge in [0.05, 0.1) is 0 Å². The van der Waals surface area contributed by atoms with E-state index < -0.39 is 23.3 Å². The van der Waals surface area contributed by atoms with Crippen molar-refractivity contribution >= 4 is 0 Å². The minimum Gasteiger partial charge on any atom is -0.203 e. The Morgan fingerprint density at radius 1 is 0.706 bits per heavy atom. The van der Waals surface area contributed by atoms with Crippen molar-refractivity contribution in [3.63, 3.8) is 0 Å². The normalized spacial score (nSPS) is 18.5. The Bertz CT molecular complexity index is 1170. The summed E-state index contributed by atoms with van der Waals surface area (Å²) in [6.07, 6.45) is 10.3. The lowest BCUT2D eigenvalue weighted by molar-refractivity contribution is 0.306. The van der Waals surface area contributed by atoms with Gasteiger partial charge in [-0.05, 0) is 86.5 Å². The highest BCUT2D eigenvalue weighted by Gasteiger charge is 2.26. The van der Waals surface area contributed by atoms with E-state index in [2.05, 4.69) is 12.2 Å². The maximum Gasteiger partial charge on any atom is 0.166 e. The zero-order valence-corrected chi connectivity index (χ0v) is 19.7. The zero-order chi connectivity index (χ0) is 24.2. The smallest absolute Gasteiger partial charge is 0.166 e. The van der Waals surface area contributed by atoms with Gasteiger partial charge in [-0.25, -0.2) is 17.6 Å². The summed E-state index contributed by atoms with van der Waals surface area (Å²) in [5.74, 6) is -2.71. The van der Waals surface area contributed by atoms with Crippen LogP contribution in [-0.2, 0) is 0 Å². The lowest BCUT2D eigenvalue weighted by atomic mass is 9.77. The Morgan fingerprint density at radius 2 is 1.26 bits per heavy atom. The van der Waals surface area contributed by atoms with Crippen LogP contribution in [-0.4, -0.2) is 0 Å². The number of aryl methyl sites for hydroxylation is 1. The largest absolute Gasteiger partial charge is 0.203 e. The molecule has 0 spiro atoms. The molecule has 0 amide bonds. The molecule has 0 unspecified atom stereocenters. The molecule has 4 heteroatoms. The average molecular weight is 467 g/mol. The van der Waals surface area contributed by atoms with Gasteiger partial charge in [0.1, 0.15) is 0 Å². The van der Waals surface area contributed by atoms with Crippen molar-refractivity contribution in [3.05, 3.63) is 95.1 Å². The lowest BCUT2D eigenvalue weighted by Crippen LogP contribution is -2.15. The molecule has 0 aliphatic heterocycles. The van der Waals surface area contributed by atoms with Gasteiger partial charge in [0.2, 0.25) is 0 Å². The van der Waals surface area contributed by atoms with E-state index in [1.54, 1.807) is 36.4 Å². The van der Waals surface area contributed by atoms with Crippen LogP contribution in [0.2, 0.25) is 0 Å². The van der Waals surface area contributed by atoms with E-state index in [0.29, 0.717) is 22.6 Å². The first-order valence-corrected chi connectivity index (χ1v) is 12.0. The van der Waals surface area contributed by atoms with Crippen molar-refractivity contribution in [1.29, 1.82) is 0 Å². The second-order valence-corrected chi connectivity index (χ2v) is 9.33. The third-order valence-electron chi connectivity index (χ3n) is 7.16. The molecule has 0 saturated heterocycles. The van der Waals surface area contributed by atoms with Crippen LogP contribution in [0.5, 0.6) is 0 Å². The number of benzene rings is 3. The van der Waals surface area contributed by atoms with E-state index in [1.807, 2.05) is 6.92 Å². The Hall–Kier alpha value is -2.88. The number of rotatable bonds is 6. The Morgan fingerprint density at radius 3 is 1.85 bits per heavy atom. The molecule has 178 valence electrons. The maximum atomic E-state index is 15.1. The quantitative estimate of drug-likeness (QED) is 0.251. The monoisotopic (exact) mass is 466 g/mol. The maximum absolute atomic E-state index is 15.1. The fourth-order valence-electron chi connectivity index (χ4n) is 5.06. The van der Waals surface area contributed by atoms with Crippen LogP contribution in [0.4, 0.5) is 17.6 Å². The van der Waals surface area contributed by atoms with Gasteiger partial charge in [0.25, 0.3) is 0 Å². The molecular weight excluding hydrogens is 436 g/mol. The summed E-state index contributed by atoms with van der Waals surface area (Å²) in [4.78, 5) is 0. The van der Waals surface area contributed by atoms with E-state index in [-0.39, 0.29) is 22.6 Å². The highest BCUT2D eigenvalue weighted by molar-refractivity contribution is 5.71. The first-order valence-electron chi connectivity index (χ1n) is 12.0. The van der Waals surface area contributed by atoms with Crippen LogP contribution in [0.25, 0.3) is 22.3 Å². The molecular formula is C30H30F4. The molecule has 1 aliphatic rings. The van der Waals surface area contributed by atoms with Crippen LogP contribution in [0, 0.1) is 36.1 Å². The van der Waals surface area contributed by atoms with E-state index in [4.69, 9.17) is 0 Å². The highest BCUT2D eigenvalue weighted by atomic mass is 19.2. The molecule has 1 aliphatic carbocycles. The van der Waals surface area contributed by atoms with Crippen molar-refractivity contribution in [1.82, 2.24) is 0 Å². The number of hydrogen-bond donors (Lipinski definition) is 0. The van der Waals surface area contributed by atoms with Gasteiger partial charge in [-0.15, -0.1) is 0 Å². The Kier molecular flexibility index (Phi) is 7.55. The van der Waals surface area contributed by atoms with Gasteiger partial charge in [-0.1, -0.05) is 60.7 Å². The predicted octanol–water partition coefficient (Wildman–Crippen LogP) is 9.52. The Labute approximate surface area is 199 Å². The van der Waals surface area contributed by atoms with Gasteiger partial charge >= 0.3 is 0 Å². The average Bonchev–Trinajstić information content (AvgIpc) is 2.85. The molecule has 1 saturated carbocycles. The molecule has 0 nitrogen and oxygen atoms in total. The second-order valence-electron chi connectivity index (χ2n) is 9.33. The molecule has 0 radical (unpaired) electrons. The number of halogens is 4. The van der Waals surface area contributed by atoms with Gasteiger partial charge in [-0.3, -0.25) is 0 Å². The highest BCUT2D eigenvalue weighted by Crippen LogP contribution is 2.40. The fraction of sp³-hybridized carbons (Fsp3) is 0.333. The standard InChI is InChI=1S/C30H30F4/c1-3-4-5-6-20-8-10-21(11-9-20)25-17-18-26(30(34)29(25)33)23-14-12-22(13-15-23)24-16-7-19(2)27(31)28(24)32/h3-4,7,12-18,20-21H,5-6,8-11H2,1-2H3/b4-3+. The molecule has 34 heavy (non-hydrogen) atoms. The summed E-state index contributed by atoms with van der Waals surface area (Å²) in [6.45, 7) is 3.53. The van der Waals surface area contributed by atoms with E-state index in [1.165, 1.54) is 19.1 Å². The van der Waals surface area contributed by atoms with Crippen LogP contribution >= 0.6 is 0 Å². The van der Waals surface area contributed by atoms with Gasteiger partial charge < -0.3 is 0 Å². The number of allylic oxidation sites excluding steroid dienone is 2. The topological polar surface area (TPSA) is 0 Å². The van der Waals surface area contributed by atoms with Crippen LogP contribution < -0.4 is 0 Å². The minimum atomic E-state index is -0.911. The fourth-order valence-corrected chi connectivity index (χ4v) is 5.06. The van der Waals surface area contributed by atoms with Gasteiger partial charge in [0.15, 0.2) is 23.3 Å². The molecule has 0 bridgehead atoms. The summed E-state index contributed by atoms with van der Waals surface area (Å²) in [7, 11) is 0. The third-order valence-corrected chi connectivity index (χ3v) is 7.16. The molecule has 4 rings (SSSR count). The van der Waals surface area contributed by atoms with Crippen LogP contribution in [0.15, 0.2) is 60.7 Å². The second kappa shape index (κ2) is 10.6. The first-order chi connectivity index (χ1) is 16.4. The lowest BCUT2D eigenvalue weighted by Gasteiger charge is -2.29. The summed E-state index contributed by atoms with van der Waals surface area (Å²) in [5, 5.41) is 0. The molecule has 1 fully saturated rings. The van der Waals surface area contributed by atoms with E-state index in [0.717, 1.165) is 38.5 Å². The molecule has 0 heterocycles. The predicted molar refractivity (Wildman–Crippen MR) is 131 cm³/mol. The van der Waals surface area contributed by atoms with Crippen molar-refractivity contribution in [3.8, 4) is 22.3 Å². The van der Waals surface area contributed by atoms with Crippen molar-refractivity contribution in [2.45, 2.75) is 58.3 Å². The van der Waals surface area contributed by atoms with Crippen molar-refractivity contribution in [2.24, 2.45) is 5.92 Å². The van der Waals surface area contributed by atoms with Crippen molar-refractivity contribution < 1.29 is 17.6 Å². The molecule has 0 atom stereocenters. The molecule has 0 aromatic heterocycles. The van der Waals surface area contributed by atoms with Crippen molar-refractivity contribution in [2.75, 3.05) is 0 Å². The van der Waals surface area contributed by atoms with Gasteiger partial charge in [-0.2, -0.15) is 0 Å².